The van der Waals surface area contributed by atoms with Gasteiger partial charge in [-0.15, -0.1) is 0 Å². The summed E-state index contributed by atoms with van der Waals surface area (Å²) in [7, 11) is 7.53. The number of aliphatic hydroxyl groups is 3. The van der Waals surface area contributed by atoms with Crippen LogP contribution >= 0.6 is 0 Å². The van der Waals surface area contributed by atoms with Gasteiger partial charge in [0, 0.05) is 38.1 Å². The van der Waals surface area contributed by atoms with E-state index in [0.29, 0.717) is 38.6 Å². The number of ether oxygens (including phenoxy) is 7. The van der Waals surface area contributed by atoms with Gasteiger partial charge in [0.25, 0.3) is 0 Å². The van der Waals surface area contributed by atoms with E-state index in [0.717, 1.165) is 5.57 Å². The monoisotopic (exact) mass is 799 g/mol. The van der Waals surface area contributed by atoms with Crippen LogP contribution in [0.25, 0.3) is 0 Å². The van der Waals surface area contributed by atoms with E-state index >= 15 is 0 Å². The smallest absolute Gasteiger partial charge is 0.311 e. The lowest BCUT2D eigenvalue weighted by atomic mass is 9.72. The molecule has 0 unspecified atom stereocenters. The standard InChI is InChI=1S/C43H78N2O11/c1-16-33-43(11,49)31-18-17-24(2)23-51-42(10,20-26(4)45(14)22-25(31)3)38(56-40-35(46)32(44(12)13)19-27(5)52-40)28(6)36(29(7)39(48)54-33)55-34-21-41(9,50-15)37(47)30(8)53-34/h25-38,40,46-47,49H,2,16-23H2,1,3-15H3/t25-,26+,27+,28-,29+,30-,31+,32-,33+,34-,35+,36-,37-,38+,40-,41+,42+,43-/m0/s1. The van der Waals surface area contributed by atoms with Crippen LogP contribution in [0.5, 0.6) is 0 Å². The predicted molar refractivity (Wildman–Crippen MR) is 214 cm³/mol. The fourth-order valence-electron chi connectivity index (χ4n) is 10.1. The maximum absolute atomic E-state index is 14.6. The molecule has 0 aliphatic carbocycles. The van der Waals surface area contributed by atoms with Crippen molar-refractivity contribution in [3.63, 3.8) is 0 Å². The number of nitrogens with zero attached hydrogens (tertiary/aromatic N) is 2. The van der Waals surface area contributed by atoms with E-state index in [1.807, 2.05) is 53.6 Å². The molecule has 56 heavy (non-hydrogen) atoms. The lowest BCUT2D eigenvalue weighted by Gasteiger charge is -2.50. The van der Waals surface area contributed by atoms with Crippen LogP contribution in [0, 0.1) is 23.7 Å². The van der Waals surface area contributed by atoms with Crippen LogP contribution in [0.4, 0.5) is 0 Å². The van der Waals surface area contributed by atoms with Gasteiger partial charge in [-0.1, -0.05) is 32.9 Å². The summed E-state index contributed by atoms with van der Waals surface area (Å²) in [6.45, 7) is 24.8. The number of hydrogen-bond donors (Lipinski definition) is 3. The predicted octanol–water partition coefficient (Wildman–Crippen LogP) is 4.53. The van der Waals surface area contributed by atoms with E-state index in [1.54, 1.807) is 27.9 Å². The molecular formula is C43H78N2O11. The van der Waals surface area contributed by atoms with E-state index in [9.17, 15) is 20.1 Å². The highest BCUT2D eigenvalue weighted by Crippen LogP contribution is 2.43. The topological polar surface area (TPSA) is 149 Å². The zero-order chi connectivity index (χ0) is 42.1. The lowest BCUT2D eigenvalue weighted by Crippen LogP contribution is -2.61. The van der Waals surface area contributed by atoms with Crippen molar-refractivity contribution in [1.82, 2.24) is 9.80 Å². The van der Waals surface area contributed by atoms with Crippen molar-refractivity contribution in [3.8, 4) is 0 Å². The molecule has 5 rings (SSSR count). The fraction of sp³-hybridized carbons (Fsp3) is 0.930. The molecule has 326 valence electrons. The summed E-state index contributed by atoms with van der Waals surface area (Å²) in [5.41, 5.74) is -2.47. The molecule has 13 heteroatoms. The Morgan fingerprint density at radius 3 is 2.29 bits per heavy atom. The van der Waals surface area contributed by atoms with Crippen molar-refractivity contribution in [3.05, 3.63) is 12.2 Å². The Bertz CT molecular complexity index is 1300. The maximum Gasteiger partial charge on any atom is 0.311 e. The second-order valence-electron chi connectivity index (χ2n) is 18.8. The molecular weight excluding hydrogens is 720 g/mol. The van der Waals surface area contributed by atoms with Gasteiger partial charge in [-0.05, 0) is 114 Å². The molecule has 18 atom stereocenters. The molecule has 5 aliphatic heterocycles. The normalized spacial score (nSPS) is 48.4. The van der Waals surface area contributed by atoms with Gasteiger partial charge in [0.2, 0.25) is 0 Å². The summed E-state index contributed by atoms with van der Waals surface area (Å²) in [5, 5.41) is 35.3. The van der Waals surface area contributed by atoms with Crippen molar-refractivity contribution >= 4 is 5.97 Å². The second kappa shape index (κ2) is 19.0. The van der Waals surface area contributed by atoms with Crippen LogP contribution in [-0.4, -0.2) is 157 Å². The molecule has 0 aromatic carbocycles. The van der Waals surface area contributed by atoms with E-state index in [-0.39, 0.29) is 43.1 Å². The number of aliphatic hydroxyl groups excluding tert-OH is 2. The van der Waals surface area contributed by atoms with Crippen molar-refractivity contribution < 1.29 is 53.3 Å². The third kappa shape index (κ3) is 10.4. The molecule has 5 fully saturated rings. The Kier molecular flexibility index (Phi) is 16.1. The zero-order valence-electron chi connectivity index (χ0n) is 37.0. The summed E-state index contributed by atoms with van der Waals surface area (Å²) in [5.74, 6) is -2.17. The van der Waals surface area contributed by atoms with Crippen LogP contribution < -0.4 is 0 Å². The number of carbonyl (C=O) groups is 1. The highest BCUT2D eigenvalue weighted by atomic mass is 16.7. The van der Waals surface area contributed by atoms with Gasteiger partial charge in [0.15, 0.2) is 12.6 Å². The SMILES string of the molecule is C=C1CC[C@@H]2[C@@H](C)CN(C)[C@H](C)C[C@@](C)(OC1)[C@H](O[C@@H]1O[C@H](C)C[C@H](N(C)C)[C@H]1O)[C@@H](C)[C@H](O[C@H]1C[C@@](C)(OC)[C@@H](O)[C@H](C)O1)[C@@H](C)C(=O)O[C@H](CC)[C@@]2(C)O. The lowest BCUT2D eigenvalue weighted by molar-refractivity contribution is -0.320. The van der Waals surface area contributed by atoms with Crippen LogP contribution in [0.3, 0.4) is 0 Å². The minimum absolute atomic E-state index is 0.0158. The molecule has 0 amide bonds. The zero-order valence-corrected chi connectivity index (χ0v) is 37.0. The quantitative estimate of drug-likeness (QED) is 0.245. The molecule has 0 aromatic rings. The van der Waals surface area contributed by atoms with Crippen LogP contribution in [0.2, 0.25) is 0 Å². The molecule has 2 bridgehead atoms. The summed E-state index contributed by atoms with van der Waals surface area (Å²) in [4.78, 5) is 18.9. The Labute approximate surface area is 337 Å². The summed E-state index contributed by atoms with van der Waals surface area (Å²) >= 11 is 0. The van der Waals surface area contributed by atoms with Crippen molar-refractivity contribution in [1.29, 1.82) is 0 Å². The van der Waals surface area contributed by atoms with Gasteiger partial charge in [-0.2, -0.15) is 0 Å². The van der Waals surface area contributed by atoms with E-state index in [4.69, 9.17) is 33.2 Å². The number of carbonyl (C=O) groups excluding carboxylic acids is 1. The maximum atomic E-state index is 14.6. The molecule has 3 N–H and O–H groups in total. The minimum Gasteiger partial charge on any atom is -0.459 e. The Hall–Kier alpha value is -1.23. The molecule has 0 radical (unpaired) electrons. The number of fused-ring (bicyclic) bond motifs is 15. The van der Waals surface area contributed by atoms with E-state index < -0.39 is 83.8 Å². The van der Waals surface area contributed by atoms with Gasteiger partial charge in [0.1, 0.15) is 23.9 Å². The Balaban J connectivity index is 1.94. The molecule has 5 saturated heterocycles. The molecule has 13 nitrogen and oxygen atoms in total. The van der Waals surface area contributed by atoms with Crippen molar-refractivity contribution in [2.75, 3.05) is 41.4 Å². The number of methoxy groups -OCH3 is 1. The van der Waals surface area contributed by atoms with E-state index in [1.165, 1.54) is 0 Å². The van der Waals surface area contributed by atoms with Gasteiger partial charge in [-0.3, -0.25) is 4.79 Å². The largest absolute Gasteiger partial charge is 0.459 e. The average molecular weight is 799 g/mol. The highest BCUT2D eigenvalue weighted by molar-refractivity contribution is 5.73. The van der Waals surface area contributed by atoms with Crippen molar-refractivity contribution in [2.24, 2.45) is 23.7 Å². The van der Waals surface area contributed by atoms with Crippen molar-refractivity contribution in [2.45, 2.75) is 192 Å². The third-order valence-electron chi connectivity index (χ3n) is 14.0. The fourth-order valence-corrected chi connectivity index (χ4v) is 10.1. The van der Waals surface area contributed by atoms with Gasteiger partial charge < -0.3 is 58.3 Å². The van der Waals surface area contributed by atoms with Crippen LogP contribution in [0.1, 0.15) is 108 Å². The highest BCUT2D eigenvalue weighted by Gasteiger charge is 2.53. The first kappa shape index (κ1) is 47.4. The van der Waals surface area contributed by atoms with E-state index in [2.05, 4.69) is 32.4 Å². The summed E-state index contributed by atoms with van der Waals surface area (Å²) in [6, 6.07) is -0.238. The summed E-state index contributed by atoms with van der Waals surface area (Å²) in [6.07, 6.45) is -4.10. The second-order valence-corrected chi connectivity index (χ2v) is 18.8. The summed E-state index contributed by atoms with van der Waals surface area (Å²) < 4.78 is 46.0. The van der Waals surface area contributed by atoms with Crippen LogP contribution in [0.15, 0.2) is 12.2 Å². The first-order chi connectivity index (χ1) is 26.0. The Morgan fingerprint density at radius 1 is 1.02 bits per heavy atom. The van der Waals surface area contributed by atoms with Crippen LogP contribution in [-0.2, 0) is 38.0 Å². The van der Waals surface area contributed by atoms with Gasteiger partial charge in [0.05, 0.1) is 48.1 Å². The minimum atomic E-state index is -1.35. The number of esters is 1. The number of hydrogen-bond acceptors (Lipinski definition) is 13. The first-order valence-electron chi connectivity index (χ1n) is 21.1. The van der Waals surface area contributed by atoms with Gasteiger partial charge in [-0.25, -0.2) is 0 Å². The molecule has 5 aliphatic rings. The molecule has 5 heterocycles. The molecule has 0 spiro atoms. The third-order valence-corrected chi connectivity index (χ3v) is 14.0. The number of likely N-dealkylation sites (N-methyl/N-ethyl adjacent to an activating group) is 1. The molecule has 0 saturated carbocycles. The average Bonchev–Trinajstić information content (AvgIpc) is 3.12. The Morgan fingerprint density at radius 2 is 1.68 bits per heavy atom. The first-order valence-corrected chi connectivity index (χ1v) is 21.1. The van der Waals surface area contributed by atoms with Gasteiger partial charge >= 0.3 is 5.97 Å². The number of rotatable bonds is 7. The molecule has 0 aromatic heterocycles.